The molecular formula is C8H11FO. The Bertz CT molecular complexity index is 169. The summed E-state index contributed by atoms with van der Waals surface area (Å²) in [6, 6.07) is 6.50. The van der Waals surface area contributed by atoms with Crippen LogP contribution in [0.4, 0.5) is 4.39 Å². The quantitative estimate of drug-likeness (QED) is 0.585. The van der Waals surface area contributed by atoms with Crippen LogP contribution in [0.25, 0.3) is 0 Å². The highest BCUT2D eigenvalue weighted by molar-refractivity contribution is 5.13. The van der Waals surface area contributed by atoms with Gasteiger partial charge in [-0.1, -0.05) is 12.1 Å². The average molecular weight is 142 g/mol. The summed E-state index contributed by atoms with van der Waals surface area (Å²) in [7, 11) is 1.00. The minimum absolute atomic E-state index is 0.162. The Hall–Kier alpha value is -0.890. The summed E-state index contributed by atoms with van der Waals surface area (Å²) in [5.74, 6) is -0.162. The third-order valence-corrected chi connectivity index (χ3v) is 0.980. The van der Waals surface area contributed by atoms with Crippen LogP contribution >= 0.6 is 0 Å². The molecule has 0 fully saturated rings. The number of aliphatic hydroxyl groups excluding tert-OH is 1. The molecule has 0 aliphatic heterocycles. The van der Waals surface area contributed by atoms with Crippen LogP contribution in [0.2, 0.25) is 0 Å². The second kappa shape index (κ2) is 4.94. The summed E-state index contributed by atoms with van der Waals surface area (Å²) in [6.07, 6.45) is 0. The van der Waals surface area contributed by atoms with Crippen molar-refractivity contribution in [3.05, 3.63) is 35.6 Å². The number of aliphatic hydroxyl groups is 1. The second-order valence-corrected chi connectivity index (χ2v) is 1.80. The van der Waals surface area contributed by atoms with Gasteiger partial charge in [0.1, 0.15) is 5.82 Å². The van der Waals surface area contributed by atoms with Crippen molar-refractivity contribution < 1.29 is 9.50 Å². The highest BCUT2D eigenvalue weighted by atomic mass is 19.1. The summed E-state index contributed by atoms with van der Waals surface area (Å²) < 4.78 is 12.2. The molecule has 1 rings (SSSR count). The van der Waals surface area contributed by atoms with Crippen molar-refractivity contribution in [2.75, 3.05) is 7.11 Å². The van der Waals surface area contributed by atoms with Gasteiger partial charge in [0, 0.05) is 7.11 Å². The minimum Gasteiger partial charge on any atom is -0.400 e. The molecule has 0 bridgehead atoms. The van der Waals surface area contributed by atoms with E-state index < -0.39 is 0 Å². The Balaban J connectivity index is 0.000000371. The fourth-order valence-electron chi connectivity index (χ4n) is 0.606. The molecule has 0 atom stereocenters. The van der Waals surface area contributed by atoms with Crippen molar-refractivity contribution in [1.29, 1.82) is 0 Å². The Labute approximate surface area is 60.1 Å². The lowest BCUT2D eigenvalue weighted by atomic mass is 10.2. The fourth-order valence-corrected chi connectivity index (χ4v) is 0.606. The van der Waals surface area contributed by atoms with Crippen LogP contribution in [0, 0.1) is 12.7 Å². The number of halogens is 1. The molecule has 0 aliphatic rings. The molecule has 0 aliphatic carbocycles. The van der Waals surface area contributed by atoms with E-state index in [9.17, 15) is 4.39 Å². The zero-order chi connectivity index (χ0) is 7.98. The molecule has 0 saturated heterocycles. The molecule has 1 aromatic rings. The maximum Gasteiger partial charge on any atom is 0.123 e. The summed E-state index contributed by atoms with van der Waals surface area (Å²) in [5.41, 5.74) is 0.963. The fraction of sp³-hybridized carbons (Fsp3) is 0.250. The Morgan fingerprint density at radius 3 is 2.20 bits per heavy atom. The lowest BCUT2D eigenvalue weighted by Crippen LogP contribution is -1.72. The molecular weight excluding hydrogens is 131 g/mol. The smallest absolute Gasteiger partial charge is 0.123 e. The van der Waals surface area contributed by atoms with Crippen molar-refractivity contribution in [2.45, 2.75) is 6.92 Å². The van der Waals surface area contributed by atoms with E-state index in [-0.39, 0.29) is 5.82 Å². The molecule has 0 heterocycles. The molecule has 0 saturated carbocycles. The average Bonchev–Trinajstić information content (AvgIpc) is 1.91. The van der Waals surface area contributed by atoms with Crippen LogP contribution in [-0.2, 0) is 0 Å². The van der Waals surface area contributed by atoms with Crippen molar-refractivity contribution in [2.24, 2.45) is 0 Å². The summed E-state index contributed by atoms with van der Waals surface area (Å²) >= 11 is 0. The predicted octanol–water partition coefficient (Wildman–Crippen LogP) is 1.74. The van der Waals surface area contributed by atoms with E-state index in [0.717, 1.165) is 12.7 Å². The van der Waals surface area contributed by atoms with Gasteiger partial charge in [-0.15, -0.1) is 0 Å². The first-order chi connectivity index (χ1) is 4.79. The van der Waals surface area contributed by atoms with Crippen LogP contribution in [-0.4, -0.2) is 12.2 Å². The number of hydrogen-bond donors (Lipinski definition) is 1. The molecule has 0 amide bonds. The zero-order valence-electron chi connectivity index (χ0n) is 6.13. The third-order valence-electron chi connectivity index (χ3n) is 0.980. The normalized spacial score (nSPS) is 8.00. The molecule has 2 heteroatoms. The van der Waals surface area contributed by atoms with E-state index in [1.807, 2.05) is 13.0 Å². The second-order valence-electron chi connectivity index (χ2n) is 1.80. The van der Waals surface area contributed by atoms with Gasteiger partial charge in [-0.2, -0.15) is 0 Å². The van der Waals surface area contributed by atoms with Gasteiger partial charge in [-0.05, 0) is 24.6 Å². The van der Waals surface area contributed by atoms with Crippen molar-refractivity contribution in [3.8, 4) is 0 Å². The standard InChI is InChI=1S/C7H7F.CH4O/c1-6-3-2-4-7(8)5-6;1-2/h2-5H,1H3;2H,1H3. The van der Waals surface area contributed by atoms with Gasteiger partial charge >= 0.3 is 0 Å². The SMILES string of the molecule is CO.Cc1cccc(F)c1. The van der Waals surface area contributed by atoms with Gasteiger partial charge in [-0.3, -0.25) is 0 Å². The summed E-state index contributed by atoms with van der Waals surface area (Å²) in [6.45, 7) is 1.86. The van der Waals surface area contributed by atoms with Gasteiger partial charge in [0.2, 0.25) is 0 Å². The summed E-state index contributed by atoms with van der Waals surface area (Å²) in [4.78, 5) is 0. The molecule has 1 aromatic carbocycles. The van der Waals surface area contributed by atoms with E-state index >= 15 is 0 Å². The van der Waals surface area contributed by atoms with Crippen LogP contribution < -0.4 is 0 Å². The highest BCUT2D eigenvalue weighted by Gasteiger charge is 1.84. The van der Waals surface area contributed by atoms with Crippen molar-refractivity contribution in [3.63, 3.8) is 0 Å². The number of hydrogen-bond acceptors (Lipinski definition) is 1. The summed E-state index contributed by atoms with van der Waals surface area (Å²) in [5, 5.41) is 7.00. The van der Waals surface area contributed by atoms with E-state index in [4.69, 9.17) is 5.11 Å². The first-order valence-electron chi connectivity index (χ1n) is 2.96. The Morgan fingerprint density at radius 2 is 1.90 bits per heavy atom. The van der Waals surface area contributed by atoms with Crippen molar-refractivity contribution in [1.82, 2.24) is 0 Å². The maximum absolute atomic E-state index is 12.2. The van der Waals surface area contributed by atoms with E-state index in [2.05, 4.69) is 0 Å². The van der Waals surface area contributed by atoms with Crippen molar-refractivity contribution >= 4 is 0 Å². The largest absolute Gasteiger partial charge is 0.400 e. The predicted molar refractivity (Wildman–Crippen MR) is 39.3 cm³/mol. The van der Waals surface area contributed by atoms with Crippen LogP contribution in [0.1, 0.15) is 5.56 Å². The van der Waals surface area contributed by atoms with Crippen LogP contribution in [0.3, 0.4) is 0 Å². The van der Waals surface area contributed by atoms with Gasteiger partial charge in [0.25, 0.3) is 0 Å². The van der Waals surface area contributed by atoms with E-state index in [0.29, 0.717) is 0 Å². The Morgan fingerprint density at radius 1 is 1.30 bits per heavy atom. The lowest BCUT2D eigenvalue weighted by Gasteiger charge is -1.87. The lowest BCUT2D eigenvalue weighted by molar-refractivity contribution is 0.399. The molecule has 0 spiro atoms. The highest BCUT2D eigenvalue weighted by Crippen LogP contribution is 1.99. The van der Waals surface area contributed by atoms with Gasteiger partial charge in [0.15, 0.2) is 0 Å². The monoisotopic (exact) mass is 142 g/mol. The number of rotatable bonds is 0. The molecule has 1 nitrogen and oxygen atoms in total. The zero-order valence-corrected chi connectivity index (χ0v) is 6.13. The molecule has 10 heavy (non-hydrogen) atoms. The third kappa shape index (κ3) is 3.20. The van der Waals surface area contributed by atoms with Crippen LogP contribution in [0.15, 0.2) is 24.3 Å². The van der Waals surface area contributed by atoms with Gasteiger partial charge in [0.05, 0.1) is 0 Å². The van der Waals surface area contributed by atoms with Gasteiger partial charge in [-0.25, -0.2) is 4.39 Å². The van der Waals surface area contributed by atoms with E-state index in [1.165, 1.54) is 12.1 Å². The van der Waals surface area contributed by atoms with Crippen LogP contribution in [0.5, 0.6) is 0 Å². The number of benzene rings is 1. The topological polar surface area (TPSA) is 20.2 Å². The van der Waals surface area contributed by atoms with Gasteiger partial charge < -0.3 is 5.11 Å². The molecule has 0 radical (unpaired) electrons. The molecule has 56 valence electrons. The molecule has 0 unspecified atom stereocenters. The Kier molecular flexibility index (Phi) is 4.50. The first-order valence-corrected chi connectivity index (χ1v) is 2.96. The minimum atomic E-state index is -0.162. The maximum atomic E-state index is 12.2. The molecule has 0 aromatic heterocycles. The van der Waals surface area contributed by atoms with E-state index in [1.54, 1.807) is 6.07 Å². The number of aryl methyl sites for hydroxylation is 1. The first kappa shape index (κ1) is 9.11. The molecule has 1 N–H and O–H groups in total.